The molecule has 1 amide bonds. The van der Waals surface area contributed by atoms with Gasteiger partial charge in [-0.15, -0.1) is 0 Å². The number of rotatable bonds is 4. The lowest BCUT2D eigenvalue weighted by Gasteiger charge is -2.22. The minimum Gasteiger partial charge on any atom is -0.389 e. The van der Waals surface area contributed by atoms with Crippen molar-refractivity contribution in [1.82, 2.24) is 10.0 Å². The molecule has 1 aliphatic heterocycles. The molecule has 1 aromatic carbocycles. The number of carbonyl (C=O) groups is 1. The van der Waals surface area contributed by atoms with E-state index in [1.54, 1.807) is 0 Å². The number of sulfonamides is 1. The first-order valence-electron chi connectivity index (χ1n) is 6.20. The molecule has 1 fully saturated rings. The summed E-state index contributed by atoms with van der Waals surface area (Å²) in [5, 5.41) is 2.77. The monoisotopic (exact) mass is 347 g/mol. The zero-order valence-corrected chi connectivity index (χ0v) is 13.3. The molecule has 114 valence electrons. The summed E-state index contributed by atoms with van der Waals surface area (Å²) in [6.45, 7) is 0.561. The molecule has 1 saturated heterocycles. The predicted molar refractivity (Wildman–Crippen MR) is 83.7 cm³/mol. The van der Waals surface area contributed by atoms with Crippen LogP contribution in [0.2, 0.25) is 5.02 Å². The van der Waals surface area contributed by atoms with Crippen LogP contribution < -0.4 is 15.8 Å². The third kappa shape index (κ3) is 3.70. The van der Waals surface area contributed by atoms with Crippen molar-refractivity contribution in [2.75, 3.05) is 6.54 Å². The van der Waals surface area contributed by atoms with Crippen molar-refractivity contribution in [3.05, 3.63) is 28.8 Å². The van der Waals surface area contributed by atoms with Crippen LogP contribution in [0.1, 0.15) is 18.4 Å². The van der Waals surface area contributed by atoms with Gasteiger partial charge in [0.1, 0.15) is 11.0 Å². The summed E-state index contributed by atoms with van der Waals surface area (Å²) in [5.41, 5.74) is 5.87. The molecule has 0 radical (unpaired) electrons. The number of nitrogens with two attached hydrogens (primary N) is 1. The largest absolute Gasteiger partial charge is 0.389 e. The van der Waals surface area contributed by atoms with Gasteiger partial charge in [-0.2, -0.15) is 4.72 Å². The first kappa shape index (κ1) is 16.2. The van der Waals surface area contributed by atoms with Crippen LogP contribution >= 0.6 is 23.8 Å². The van der Waals surface area contributed by atoms with Crippen molar-refractivity contribution < 1.29 is 13.2 Å². The van der Waals surface area contributed by atoms with Crippen LogP contribution in [0.3, 0.4) is 0 Å². The maximum Gasteiger partial charge on any atom is 0.241 e. The molecule has 0 bridgehead atoms. The van der Waals surface area contributed by atoms with Gasteiger partial charge in [-0.25, -0.2) is 8.42 Å². The molecule has 1 aliphatic rings. The second kappa shape index (κ2) is 6.27. The van der Waals surface area contributed by atoms with E-state index in [0.29, 0.717) is 18.5 Å². The summed E-state index contributed by atoms with van der Waals surface area (Å²) in [4.78, 5) is 11.7. The summed E-state index contributed by atoms with van der Waals surface area (Å²) < 4.78 is 26.9. The fourth-order valence-corrected chi connectivity index (χ4v) is 3.84. The Morgan fingerprint density at radius 3 is 2.76 bits per heavy atom. The average Bonchev–Trinajstić information content (AvgIpc) is 2.40. The standard InChI is InChI=1S/C12H14ClN3O3S2/c13-9-6-7(3-4-8(9)11(14)20)21(18,19)16-10-2-1-5-15-12(10)17/h3-4,6,10,16H,1-2,5H2,(H2,14,20)(H,15,17). The van der Waals surface area contributed by atoms with E-state index in [-0.39, 0.29) is 20.8 Å². The summed E-state index contributed by atoms with van der Waals surface area (Å²) >= 11 is 10.8. The molecule has 4 N–H and O–H groups in total. The van der Waals surface area contributed by atoms with Gasteiger partial charge in [0.25, 0.3) is 0 Å². The number of nitrogens with one attached hydrogen (secondary N) is 2. The van der Waals surface area contributed by atoms with Gasteiger partial charge in [-0.3, -0.25) is 4.79 Å². The van der Waals surface area contributed by atoms with Gasteiger partial charge in [-0.05, 0) is 31.0 Å². The molecule has 9 heteroatoms. The van der Waals surface area contributed by atoms with E-state index in [9.17, 15) is 13.2 Å². The van der Waals surface area contributed by atoms with Crippen LogP contribution in [-0.2, 0) is 14.8 Å². The number of halogens is 1. The molecule has 6 nitrogen and oxygen atoms in total. The highest BCUT2D eigenvalue weighted by Gasteiger charge is 2.28. The zero-order valence-electron chi connectivity index (χ0n) is 10.9. The second-order valence-electron chi connectivity index (χ2n) is 4.61. The van der Waals surface area contributed by atoms with Crippen molar-refractivity contribution in [2.24, 2.45) is 5.73 Å². The molecular weight excluding hydrogens is 334 g/mol. The third-order valence-corrected chi connectivity index (χ3v) is 5.10. The molecule has 2 rings (SSSR count). The van der Waals surface area contributed by atoms with Crippen molar-refractivity contribution in [2.45, 2.75) is 23.8 Å². The maximum absolute atomic E-state index is 12.3. The minimum atomic E-state index is -3.84. The molecule has 1 heterocycles. The zero-order chi connectivity index (χ0) is 15.6. The first-order valence-corrected chi connectivity index (χ1v) is 8.47. The van der Waals surface area contributed by atoms with Crippen molar-refractivity contribution in [1.29, 1.82) is 0 Å². The van der Waals surface area contributed by atoms with E-state index in [1.807, 2.05) is 0 Å². The van der Waals surface area contributed by atoms with Gasteiger partial charge in [0.2, 0.25) is 15.9 Å². The fourth-order valence-electron chi connectivity index (χ4n) is 2.00. The van der Waals surface area contributed by atoms with E-state index >= 15 is 0 Å². The van der Waals surface area contributed by atoms with E-state index < -0.39 is 16.1 Å². The Morgan fingerprint density at radius 1 is 1.48 bits per heavy atom. The Morgan fingerprint density at radius 2 is 2.19 bits per heavy atom. The highest BCUT2D eigenvalue weighted by Crippen LogP contribution is 2.21. The average molecular weight is 348 g/mol. The quantitative estimate of drug-likeness (QED) is 0.690. The van der Waals surface area contributed by atoms with Crippen LogP contribution in [0.25, 0.3) is 0 Å². The lowest BCUT2D eigenvalue weighted by molar-refractivity contribution is -0.124. The van der Waals surface area contributed by atoms with Gasteiger partial charge in [-0.1, -0.05) is 23.8 Å². The summed E-state index contributed by atoms with van der Waals surface area (Å²) in [6, 6.07) is 3.29. The van der Waals surface area contributed by atoms with Gasteiger partial charge >= 0.3 is 0 Å². The van der Waals surface area contributed by atoms with Gasteiger partial charge in [0.15, 0.2) is 0 Å². The number of benzene rings is 1. The van der Waals surface area contributed by atoms with Gasteiger partial charge in [0.05, 0.1) is 9.92 Å². The van der Waals surface area contributed by atoms with Crippen LogP contribution in [0.4, 0.5) is 0 Å². The number of carbonyl (C=O) groups excluding carboxylic acids is 1. The van der Waals surface area contributed by atoms with E-state index in [2.05, 4.69) is 10.0 Å². The topological polar surface area (TPSA) is 101 Å². The van der Waals surface area contributed by atoms with Crippen LogP contribution in [0.15, 0.2) is 23.1 Å². The molecule has 1 unspecified atom stereocenters. The Bertz CT molecular complexity index is 691. The van der Waals surface area contributed by atoms with Crippen LogP contribution in [-0.4, -0.2) is 31.9 Å². The highest BCUT2D eigenvalue weighted by atomic mass is 35.5. The molecule has 0 saturated carbocycles. The Kier molecular flexibility index (Phi) is 4.82. The number of hydrogen-bond acceptors (Lipinski definition) is 4. The van der Waals surface area contributed by atoms with Crippen LogP contribution in [0, 0.1) is 0 Å². The van der Waals surface area contributed by atoms with Gasteiger partial charge < -0.3 is 11.1 Å². The van der Waals surface area contributed by atoms with Crippen molar-refractivity contribution >= 4 is 44.7 Å². The SMILES string of the molecule is NC(=S)c1ccc(S(=O)(=O)NC2CCCNC2=O)cc1Cl. The second-order valence-corrected chi connectivity index (χ2v) is 7.17. The van der Waals surface area contributed by atoms with E-state index in [0.717, 1.165) is 6.42 Å². The highest BCUT2D eigenvalue weighted by molar-refractivity contribution is 7.89. The molecule has 1 aromatic rings. The van der Waals surface area contributed by atoms with Crippen molar-refractivity contribution in [3.63, 3.8) is 0 Å². The lowest BCUT2D eigenvalue weighted by Crippen LogP contribution is -2.50. The minimum absolute atomic E-state index is 0.0362. The summed E-state index contributed by atoms with van der Waals surface area (Å²) in [7, 11) is -3.84. The predicted octanol–water partition coefficient (Wildman–Crippen LogP) is 0.531. The van der Waals surface area contributed by atoms with Crippen LogP contribution in [0.5, 0.6) is 0 Å². The Labute approximate surface area is 133 Å². The fraction of sp³-hybridized carbons (Fsp3) is 0.333. The third-order valence-electron chi connectivity index (χ3n) is 3.10. The van der Waals surface area contributed by atoms with Gasteiger partial charge in [0, 0.05) is 12.1 Å². The van der Waals surface area contributed by atoms with Crippen molar-refractivity contribution in [3.8, 4) is 0 Å². The molecule has 0 spiro atoms. The molecule has 0 aliphatic carbocycles. The Hall–Kier alpha value is -1.22. The smallest absolute Gasteiger partial charge is 0.241 e. The molecule has 21 heavy (non-hydrogen) atoms. The molecule has 1 atom stereocenters. The lowest BCUT2D eigenvalue weighted by atomic mass is 10.1. The summed E-state index contributed by atoms with van der Waals surface area (Å²) in [6.07, 6.45) is 1.18. The molecule has 0 aromatic heterocycles. The molecular formula is C12H14ClN3O3S2. The Balaban J connectivity index is 2.25. The number of hydrogen-bond donors (Lipinski definition) is 3. The maximum atomic E-state index is 12.3. The summed E-state index contributed by atoms with van der Waals surface area (Å²) in [5.74, 6) is -0.323. The first-order chi connectivity index (χ1) is 9.81. The van der Waals surface area contributed by atoms with E-state index in [4.69, 9.17) is 29.6 Å². The number of thiocarbonyl (C=S) groups is 1. The van der Waals surface area contributed by atoms with E-state index in [1.165, 1.54) is 18.2 Å². The normalized spacial score (nSPS) is 19.1. The number of piperidine rings is 1. The number of amides is 1.